The molecular formula is C7H8BrNO3. The van der Waals surface area contributed by atoms with Gasteiger partial charge in [-0.3, -0.25) is 9.63 Å². The molecule has 0 unspecified atom stereocenters. The smallest absolute Gasteiger partial charge is 0.312 e. The lowest BCUT2D eigenvalue weighted by Gasteiger charge is -2.10. The van der Waals surface area contributed by atoms with Crippen molar-refractivity contribution in [3.63, 3.8) is 0 Å². The molecule has 0 spiro atoms. The van der Waals surface area contributed by atoms with Crippen LogP contribution >= 0.6 is 15.9 Å². The van der Waals surface area contributed by atoms with E-state index in [4.69, 9.17) is 4.42 Å². The van der Waals surface area contributed by atoms with Gasteiger partial charge >= 0.3 is 5.91 Å². The summed E-state index contributed by atoms with van der Waals surface area (Å²) in [6.45, 7) is 0. The first-order chi connectivity index (χ1) is 5.65. The van der Waals surface area contributed by atoms with Gasteiger partial charge in [0, 0.05) is 13.1 Å². The summed E-state index contributed by atoms with van der Waals surface area (Å²) < 4.78 is 5.66. The van der Waals surface area contributed by atoms with Gasteiger partial charge in [0.2, 0.25) is 0 Å². The SMILES string of the molecule is CON(C)C(=O)c1cc(Br)co1. The van der Waals surface area contributed by atoms with Gasteiger partial charge in [0.25, 0.3) is 0 Å². The van der Waals surface area contributed by atoms with E-state index in [1.807, 2.05) is 0 Å². The van der Waals surface area contributed by atoms with E-state index < -0.39 is 0 Å². The first-order valence-corrected chi connectivity index (χ1v) is 4.00. The largest absolute Gasteiger partial charge is 0.458 e. The van der Waals surface area contributed by atoms with Crippen LogP contribution in [0.1, 0.15) is 10.6 Å². The Kier molecular flexibility index (Phi) is 2.88. The van der Waals surface area contributed by atoms with E-state index in [2.05, 4.69) is 20.8 Å². The highest BCUT2D eigenvalue weighted by Gasteiger charge is 2.14. The molecule has 5 heteroatoms. The van der Waals surface area contributed by atoms with Gasteiger partial charge in [-0.05, 0) is 15.9 Å². The van der Waals surface area contributed by atoms with Crippen molar-refractivity contribution >= 4 is 21.8 Å². The van der Waals surface area contributed by atoms with Crippen molar-refractivity contribution in [1.82, 2.24) is 5.06 Å². The van der Waals surface area contributed by atoms with E-state index in [1.165, 1.54) is 20.4 Å². The normalized spacial score (nSPS) is 9.92. The lowest BCUT2D eigenvalue weighted by molar-refractivity contribution is -0.0773. The Balaban J connectivity index is 2.78. The standard InChI is InChI=1S/C7H8BrNO3/c1-9(11-2)7(10)6-3-5(8)4-12-6/h3-4H,1-2H3. The van der Waals surface area contributed by atoms with Crippen LogP contribution in [-0.2, 0) is 4.84 Å². The molecule has 0 atom stereocenters. The van der Waals surface area contributed by atoms with Crippen LogP contribution in [0.5, 0.6) is 0 Å². The maximum atomic E-state index is 11.3. The molecule has 0 aliphatic heterocycles. The monoisotopic (exact) mass is 233 g/mol. The molecule has 0 saturated carbocycles. The molecule has 1 aromatic rings. The summed E-state index contributed by atoms with van der Waals surface area (Å²) in [5.74, 6) is -0.0746. The Hall–Kier alpha value is -0.810. The zero-order valence-corrected chi connectivity index (χ0v) is 8.29. The Bertz CT molecular complexity index is 284. The number of hydrogen-bond donors (Lipinski definition) is 0. The van der Waals surface area contributed by atoms with E-state index in [0.717, 1.165) is 9.54 Å². The molecule has 0 aliphatic rings. The third-order valence-corrected chi connectivity index (χ3v) is 1.75. The van der Waals surface area contributed by atoms with E-state index >= 15 is 0 Å². The number of nitrogens with zero attached hydrogens (tertiary/aromatic N) is 1. The highest BCUT2D eigenvalue weighted by molar-refractivity contribution is 9.10. The zero-order chi connectivity index (χ0) is 9.14. The van der Waals surface area contributed by atoms with E-state index in [1.54, 1.807) is 6.07 Å². The Morgan fingerprint density at radius 1 is 1.75 bits per heavy atom. The average Bonchev–Trinajstić information content (AvgIpc) is 2.49. The van der Waals surface area contributed by atoms with Crippen LogP contribution < -0.4 is 0 Å². The quantitative estimate of drug-likeness (QED) is 0.731. The van der Waals surface area contributed by atoms with Crippen LogP contribution in [0.25, 0.3) is 0 Å². The predicted molar refractivity (Wildman–Crippen MR) is 45.5 cm³/mol. The van der Waals surface area contributed by atoms with Gasteiger partial charge in [-0.1, -0.05) is 0 Å². The van der Waals surface area contributed by atoms with Gasteiger partial charge < -0.3 is 4.42 Å². The van der Waals surface area contributed by atoms with Crippen molar-refractivity contribution in [2.24, 2.45) is 0 Å². The number of hydrogen-bond acceptors (Lipinski definition) is 3. The Morgan fingerprint density at radius 2 is 2.42 bits per heavy atom. The van der Waals surface area contributed by atoms with Crippen molar-refractivity contribution < 1.29 is 14.0 Å². The molecule has 1 heterocycles. The second kappa shape index (κ2) is 3.73. The number of amides is 1. The van der Waals surface area contributed by atoms with Crippen LogP contribution in [0.4, 0.5) is 0 Å². The fourth-order valence-corrected chi connectivity index (χ4v) is 0.965. The van der Waals surface area contributed by atoms with Crippen molar-refractivity contribution in [2.75, 3.05) is 14.2 Å². The van der Waals surface area contributed by atoms with Gasteiger partial charge in [0.1, 0.15) is 6.26 Å². The fourth-order valence-electron chi connectivity index (χ4n) is 0.663. The summed E-state index contributed by atoms with van der Waals surface area (Å²) in [7, 11) is 2.93. The van der Waals surface area contributed by atoms with Gasteiger partial charge in [0.05, 0.1) is 11.6 Å². The molecule has 0 bridgehead atoms. The molecule has 0 saturated heterocycles. The maximum Gasteiger partial charge on any atom is 0.312 e. The molecule has 0 radical (unpaired) electrons. The topological polar surface area (TPSA) is 42.7 Å². The minimum Gasteiger partial charge on any atom is -0.458 e. The summed E-state index contributed by atoms with van der Waals surface area (Å²) >= 11 is 3.17. The highest BCUT2D eigenvalue weighted by atomic mass is 79.9. The number of halogens is 1. The van der Waals surface area contributed by atoms with Crippen LogP contribution in [-0.4, -0.2) is 25.1 Å². The lowest BCUT2D eigenvalue weighted by Crippen LogP contribution is -2.24. The molecule has 1 amide bonds. The van der Waals surface area contributed by atoms with Crippen molar-refractivity contribution in [1.29, 1.82) is 0 Å². The molecule has 12 heavy (non-hydrogen) atoms. The minimum absolute atomic E-state index is 0.242. The van der Waals surface area contributed by atoms with Crippen LogP contribution in [0.3, 0.4) is 0 Å². The van der Waals surface area contributed by atoms with Crippen LogP contribution in [0.2, 0.25) is 0 Å². The number of hydroxylamine groups is 2. The summed E-state index contributed by atoms with van der Waals surface area (Å²) in [5.41, 5.74) is 0. The number of carbonyl (C=O) groups excluding carboxylic acids is 1. The van der Waals surface area contributed by atoms with Crippen molar-refractivity contribution in [3.05, 3.63) is 22.6 Å². The first kappa shape index (κ1) is 9.28. The number of carbonyl (C=O) groups is 1. The molecule has 0 aromatic carbocycles. The molecule has 1 aromatic heterocycles. The number of furan rings is 1. The second-order valence-corrected chi connectivity index (χ2v) is 3.03. The Morgan fingerprint density at radius 3 is 2.83 bits per heavy atom. The van der Waals surface area contributed by atoms with E-state index in [9.17, 15) is 4.79 Å². The van der Waals surface area contributed by atoms with Crippen LogP contribution in [0.15, 0.2) is 21.2 Å². The van der Waals surface area contributed by atoms with E-state index in [0.29, 0.717) is 0 Å². The van der Waals surface area contributed by atoms with Crippen molar-refractivity contribution in [2.45, 2.75) is 0 Å². The van der Waals surface area contributed by atoms with Gasteiger partial charge in [0.15, 0.2) is 5.76 Å². The van der Waals surface area contributed by atoms with Crippen molar-refractivity contribution in [3.8, 4) is 0 Å². The predicted octanol–water partition coefficient (Wildman–Crippen LogP) is 1.68. The highest BCUT2D eigenvalue weighted by Crippen LogP contribution is 2.15. The van der Waals surface area contributed by atoms with Crippen LogP contribution in [0, 0.1) is 0 Å². The molecule has 0 aliphatic carbocycles. The van der Waals surface area contributed by atoms with Gasteiger partial charge in [-0.15, -0.1) is 0 Å². The second-order valence-electron chi connectivity index (χ2n) is 2.11. The maximum absolute atomic E-state index is 11.3. The summed E-state index contributed by atoms with van der Waals surface area (Å²) in [4.78, 5) is 16.0. The minimum atomic E-state index is -0.316. The molecule has 0 fully saturated rings. The van der Waals surface area contributed by atoms with E-state index in [-0.39, 0.29) is 11.7 Å². The van der Waals surface area contributed by atoms with Gasteiger partial charge in [-0.25, -0.2) is 5.06 Å². The molecule has 0 N–H and O–H groups in total. The summed E-state index contributed by atoms with van der Waals surface area (Å²) in [6.07, 6.45) is 1.44. The molecule has 66 valence electrons. The average molecular weight is 234 g/mol. The molecule has 1 rings (SSSR count). The third kappa shape index (κ3) is 1.86. The Labute approximate surface area is 78.2 Å². The van der Waals surface area contributed by atoms with Gasteiger partial charge in [-0.2, -0.15) is 0 Å². The summed E-state index contributed by atoms with van der Waals surface area (Å²) in [5, 5.41) is 1.09. The lowest BCUT2D eigenvalue weighted by atomic mass is 10.4. The molecule has 4 nitrogen and oxygen atoms in total. The fraction of sp³-hybridized carbons (Fsp3) is 0.286. The third-order valence-electron chi connectivity index (χ3n) is 1.34. The number of rotatable bonds is 2. The zero-order valence-electron chi connectivity index (χ0n) is 6.70. The molecular weight excluding hydrogens is 226 g/mol. The first-order valence-electron chi connectivity index (χ1n) is 3.21. The summed E-state index contributed by atoms with van der Waals surface area (Å²) in [6, 6.07) is 1.58.